The molecule has 1 saturated heterocycles. The molecule has 0 amide bonds. The lowest BCUT2D eigenvalue weighted by Gasteiger charge is -2.34. The summed E-state index contributed by atoms with van der Waals surface area (Å²) in [7, 11) is 0. The Balaban J connectivity index is 2.02. The van der Waals surface area contributed by atoms with E-state index in [9.17, 15) is 0 Å². The summed E-state index contributed by atoms with van der Waals surface area (Å²) in [6, 6.07) is 11.6. The molecule has 0 bridgehead atoms. The molecule has 1 fully saturated rings. The lowest BCUT2D eigenvalue weighted by Crippen LogP contribution is -2.38. The number of hydrogen-bond donors (Lipinski definition) is 1. The van der Waals surface area contributed by atoms with E-state index in [4.69, 9.17) is 0 Å². The highest BCUT2D eigenvalue weighted by atomic mass is 15.2. The molecule has 21 heavy (non-hydrogen) atoms. The maximum Gasteiger partial charge on any atom is 0.0472 e. The van der Waals surface area contributed by atoms with Gasteiger partial charge >= 0.3 is 0 Å². The van der Waals surface area contributed by atoms with Crippen molar-refractivity contribution in [3.8, 4) is 0 Å². The lowest BCUT2D eigenvalue weighted by atomic mass is 10.0. The zero-order valence-electron chi connectivity index (χ0n) is 13.9. The van der Waals surface area contributed by atoms with E-state index in [2.05, 4.69) is 54.4 Å². The molecule has 1 aliphatic rings. The fourth-order valence-corrected chi connectivity index (χ4v) is 3.23. The summed E-state index contributed by atoms with van der Waals surface area (Å²) in [4.78, 5) is 2.71. The molecule has 0 radical (unpaired) electrons. The molecule has 0 spiro atoms. The van der Waals surface area contributed by atoms with E-state index in [1.165, 1.54) is 50.8 Å². The Kier molecular flexibility index (Phi) is 7.25. The Bertz CT molecular complexity index is 366. The second-order valence-electron chi connectivity index (χ2n) is 6.78. The molecule has 118 valence electrons. The third kappa shape index (κ3) is 5.80. The van der Waals surface area contributed by atoms with E-state index in [0.717, 1.165) is 13.1 Å². The molecule has 1 N–H and O–H groups in total. The molecule has 1 atom stereocenters. The monoisotopic (exact) mass is 288 g/mol. The summed E-state index contributed by atoms with van der Waals surface area (Å²) in [5.41, 5.74) is 1.47. The van der Waals surface area contributed by atoms with Crippen LogP contribution in [0.2, 0.25) is 0 Å². The van der Waals surface area contributed by atoms with Crippen LogP contribution in [-0.2, 0) is 0 Å². The van der Waals surface area contributed by atoms with E-state index in [1.54, 1.807) is 0 Å². The van der Waals surface area contributed by atoms with Gasteiger partial charge in [0.15, 0.2) is 0 Å². The largest absolute Gasteiger partial charge is 0.315 e. The Morgan fingerprint density at radius 1 is 0.905 bits per heavy atom. The molecule has 2 heteroatoms. The molecule has 1 heterocycles. The normalized spacial score (nSPS) is 19.2. The van der Waals surface area contributed by atoms with Crippen LogP contribution in [0.25, 0.3) is 0 Å². The van der Waals surface area contributed by atoms with Crippen molar-refractivity contribution in [1.82, 2.24) is 10.2 Å². The van der Waals surface area contributed by atoms with Gasteiger partial charge in [0.25, 0.3) is 0 Å². The third-order valence-electron chi connectivity index (χ3n) is 4.41. The number of hydrogen-bond acceptors (Lipinski definition) is 2. The highest BCUT2D eigenvalue weighted by Gasteiger charge is 2.20. The van der Waals surface area contributed by atoms with Gasteiger partial charge in [-0.3, -0.25) is 4.90 Å². The van der Waals surface area contributed by atoms with Gasteiger partial charge < -0.3 is 5.32 Å². The molecule has 1 aromatic carbocycles. The first-order valence-corrected chi connectivity index (χ1v) is 8.77. The van der Waals surface area contributed by atoms with E-state index in [0.29, 0.717) is 12.0 Å². The van der Waals surface area contributed by atoms with Gasteiger partial charge in [-0.05, 0) is 44.0 Å². The quantitative estimate of drug-likeness (QED) is 0.842. The highest BCUT2D eigenvalue weighted by Crippen LogP contribution is 2.23. The van der Waals surface area contributed by atoms with Crippen LogP contribution in [-0.4, -0.2) is 31.1 Å². The Morgan fingerprint density at radius 2 is 1.52 bits per heavy atom. The molecular formula is C19H32N2. The minimum atomic E-state index is 0.531. The van der Waals surface area contributed by atoms with Crippen molar-refractivity contribution >= 4 is 0 Å². The van der Waals surface area contributed by atoms with Gasteiger partial charge in [0, 0.05) is 12.6 Å². The molecule has 2 rings (SSSR count). The van der Waals surface area contributed by atoms with Gasteiger partial charge in [-0.2, -0.15) is 0 Å². The molecule has 2 nitrogen and oxygen atoms in total. The van der Waals surface area contributed by atoms with Crippen molar-refractivity contribution < 1.29 is 0 Å². The SMILES string of the molecule is CC(C)CNCC(c1ccccc1)N1CCCCCCC1. The van der Waals surface area contributed by atoms with Gasteiger partial charge in [0.2, 0.25) is 0 Å². The van der Waals surface area contributed by atoms with Gasteiger partial charge in [0.1, 0.15) is 0 Å². The van der Waals surface area contributed by atoms with Crippen molar-refractivity contribution in [2.24, 2.45) is 5.92 Å². The number of nitrogens with zero attached hydrogens (tertiary/aromatic N) is 1. The fourth-order valence-electron chi connectivity index (χ4n) is 3.23. The Hall–Kier alpha value is -0.860. The lowest BCUT2D eigenvalue weighted by molar-refractivity contribution is 0.175. The van der Waals surface area contributed by atoms with E-state index in [1.807, 2.05) is 0 Å². The van der Waals surface area contributed by atoms with Crippen LogP contribution in [0, 0.1) is 5.92 Å². The number of benzene rings is 1. The number of nitrogens with one attached hydrogen (secondary N) is 1. The summed E-state index contributed by atoms with van der Waals surface area (Å²) in [5.74, 6) is 0.716. The Labute approximate surface area is 130 Å². The first-order valence-electron chi connectivity index (χ1n) is 8.77. The average molecular weight is 288 g/mol. The number of likely N-dealkylation sites (tertiary alicyclic amines) is 1. The second-order valence-corrected chi connectivity index (χ2v) is 6.78. The standard InChI is InChI=1S/C19H32N2/c1-17(2)15-20-16-19(18-11-7-6-8-12-18)21-13-9-4-3-5-10-14-21/h6-8,11-12,17,19-20H,3-5,9-10,13-16H2,1-2H3. The summed E-state index contributed by atoms with van der Waals surface area (Å²) in [6.07, 6.45) is 6.94. The Morgan fingerprint density at radius 3 is 2.14 bits per heavy atom. The van der Waals surface area contributed by atoms with Crippen LogP contribution in [0.4, 0.5) is 0 Å². The van der Waals surface area contributed by atoms with Crippen LogP contribution in [0.15, 0.2) is 30.3 Å². The minimum absolute atomic E-state index is 0.531. The first-order chi connectivity index (χ1) is 10.3. The smallest absolute Gasteiger partial charge is 0.0472 e. The van der Waals surface area contributed by atoms with Gasteiger partial charge in [0.05, 0.1) is 0 Å². The van der Waals surface area contributed by atoms with E-state index < -0.39 is 0 Å². The molecule has 0 saturated carbocycles. The van der Waals surface area contributed by atoms with Crippen LogP contribution in [0.5, 0.6) is 0 Å². The van der Waals surface area contributed by atoms with Gasteiger partial charge in [-0.15, -0.1) is 0 Å². The predicted molar refractivity (Wildman–Crippen MR) is 91.5 cm³/mol. The fraction of sp³-hybridized carbons (Fsp3) is 0.684. The summed E-state index contributed by atoms with van der Waals surface area (Å²) in [5, 5.41) is 3.68. The predicted octanol–water partition coefficient (Wildman–Crippen LogP) is 4.24. The number of rotatable bonds is 6. The van der Waals surface area contributed by atoms with Crippen molar-refractivity contribution in [3.05, 3.63) is 35.9 Å². The average Bonchev–Trinajstić information content (AvgIpc) is 2.45. The van der Waals surface area contributed by atoms with Crippen molar-refractivity contribution in [2.75, 3.05) is 26.2 Å². The zero-order chi connectivity index (χ0) is 14.9. The van der Waals surface area contributed by atoms with Crippen molar-refractivity contribution in [3.63, 3.8) is 0 Å². The van der Waals surface area contributed by atoms with Gasteiger partial charge in [-0.1, -0.05) is 63.4 Å². The molecule has 1 aliphatic heterocycles. The second kappa shape index (κ2) is 9.22. The van der Waals surface area contributed by atoms with Gasteiger partial charge in [-0.25, -0.2) is 0 Å². The van der Waals surface area contributed by atoms with Crippen molar-refractivity contribution in [2.45, 2.75) is 52.0 Å². The van der Waals surface area contributed by atoms with Crippen LogP contribution >= 0.6 is 0 Å². The van der Waals surface area contributed by atoms with E-state index in [-0.39, 0.29) is 0 Å². The highest BCUT2D eigenvalue weighted by molar-refractivity contribution is 5.19. The van der Waals surface area contributed by atoms with Crippen LogP contribution < -0.4 is 5.32 Å². The molecule has 0 aliphatic carbocycles. The first kappa shape index (κ1) is 16.5. The molecule has 1 unspecified atom stereocenters. The molecule has 1 aromatic rings. The zero-order valence-corrected chi connectivity index (χ0v) is 13.9. The third-order valence-corrected chi connectivity index (χ3v) is 4.41. The topological polar surface area (TPSA) is 15.3 Å². The van der Waals surface area contributed by atoms with Crippen LogP contribution in [0.3, 0.4) is 0 Å². The van der Waals surface area contributed by atoms with Crippen LogP contribution in [0.1, 0.15) is 57.6 Å². The summed E-state index contributed by atoms with van der Waals surface area (Å²) in [6.45, 7) is 9.24. The summed E-state index contributed by atoms with van der Waals surface area (Å²) >= 11 is 0. The molecular weight excluding hydrogens is 256 g/mol. The van der Waals surface area contributed by atoms with Crippen molar-refractivity contribution in [1.29, 1.82) is 0 Å². The van der Waals surface area contributed by atoms with E-state index >= 15 is 0 Å². The molecule has 0 aromatic heterocycles. The maximum absolute atomic E-state index is 3.68. The maximum atomic E-state index is 3.68. The summed E-state index contributed by atoms with van der Waals surface area (Å²) < 4.78 is 0. The minimum Gasteiger partial charge on any atom is -0.315 e.